The Kier molecular flexibility index (Phi) is 6.34. The van der Waals surface area contributed by atoms with Crippen LogP contribution in [0.15, 0.2) is 0 Å². The fraction of sp³-hybridized carbons (Fsp3) is 0.778. The van der Waals surface area contributed by atoms with Gasteiger partial charge in [0.2, 0.25) is 0 Å². The summed E-state index contributed by atoms with van der Waals surface area (Å²) >= 11 is 0. The van der Waals surface area contributed by atoms with Crippen LogP contribution in [0.3, 0.4) is 0 Å². The van der Waals surface area contributed by atoms with Crippen LogP contribution in [0.1, 0.15) is 39.5 Å². The number of carbonyl (C=O) groups excluding carboxylic acids is 1. The van der Waals surface area contributed by atoms with Crippen molar-refractivity contribution in [2.75, 3.05) is 6.61 Å². The van der Waals surface area contributed by atoms with Gasteiger partial charge in [0, 0.05) is 0 Å². The Morgan fingerprint density at radius 2 is 2.00 bits per heavy atom. The average molecular weight is 171 g/mol. The summed E-state index contributed by atoms with van der Waals surface area (Å²) in [4.78, 5) is 10.7. The molecule has 70 valence electrons. The van der Waals surface area contributed by atoms with E-state index in [-0.39, 0.29) is 5.71 Å². The molecule has 0 aliphatic rings. The topological polar surface area (TPSA) is 50.2 Å². The number of hydrogen-bond donors (Lipinski definition) is 1. The Morgan fingerprint density at radius 3 is 2.50 bits per heavy atom. The summed E-state index contributed by atoms with van der Waals surface area (Å²) in [6.45, 7) is 4.02. The monoisotopic (exact) mass is 171 g/mol. The summed E-state index contributed by atoms with van der Waals surface area (Å²) in [5, 5.41) is 6.94. The third-order valence-electron chi connectivity index (χ3n) is 1.54. The van der Waals surface area contributed by atoms with Crippen molar-refractivity contribution in [3.63, 3.8) is 0 Å². The van der Waals surface area contributed by atoms with Crippen LogP contribution in [0.5, 0.6) is 0 Å². The van der Waals surface area contributed by atoms with Gasteiger partial charge >= 0.3 is 5.97 Å². The van der Waals surface area contributed by atoms with Crippen molar-refractivity contribution in [1.82, 2.24) is 0 Å². The Hall–Kier alpha value is -0.860. The lowest BCUT2D eigenvalue weighted by Gasteiger charge is -2.02. The van der Waals surface area contributed by atoms with E-state index in [9.17, 15) is 4.79 Å². The van der Waals surface area contributed by atoms with E-state index >= 15 is 0 Å². The molecule has 3 nitrogen and oxygen atoms in total. The predicted octanol–water partition coefficient (Wildman–Crippen LogP) is 2.15. The van der Waals surface area contributed by atoms with Gasteiger partial charge in [-0.15, -0.1) is 0 Å². The Balaban J connectivity index is 3.20. The number of unbranched alkanes of at least 4 members (excludes halogenated alkanes) is 3. The van der Waals surface area contributed by atoms with E-state index in [2.05, 4.69) is 6.92 Å². The van der Waals surface area contributed by atoms with E-state index in [0.29, 0.717) is 6.61 Å². The maximum Gasteiger partial charge on any atom is 0.351 e. The summed E-state index contributed by atoms with van der Waals surface area (Å²) < 4.78 is 4.79. The molecule has 0 spiro atoms. The molecule has 12 heavy (non-hydrogen) atoms. The first-order chi connectivity index (χ1) is 5.68. The quantitative estimate of drug-likeness (QED) is 0.378. The van der Waals surface area contributed by atoms with Crippen LogP contribution < -0.4 is 0 Å². The molecule has 0 saturated heterocycles. The summed E-state index contributed by atoms with van der Waals surface area (Å²) in [7, 11) is 0. The fourth-order valence-corrected chi connectivity index (χ4v) is 0.802. The van der Waals surface area contributed by atoms with Crippen molar-refractivity contribution in [2.24, 2.45) is 0 Å². The van der Waals surface area contributed by atoms with Crippen molar-refractivity contribution < 1.29 is 9.53 Å². The van der Waals surface area contributed by atoms with E-state index < -0.39 is 5.97 Å². The van der Waals surface area contributed by atoms with Crippen LogP contribution in [0, 0.1) is 5.41 Å². The van der Waals surface area contributed by atoms with Crippen molar-refractivity contribution in [3.8, 4) is 0 Å². The van der Waals surface area contributed by atoms with Crippen LogP contribution >= 0.6 is 0 Å². The maximum atomic E-state index is 10.7. The zero-order valence-electron chi connectivity index (χ0n) is 7.85. The van der Waals surface area contributed by atoms with Crippen LogP contribution in [0.25, 0.3) is 0 Å². The van der Waals surface area contributed by atoms with Crippen molar-refractivity contribution in [2.45, 2.75) is 39.5 Å². The van der Waals surface area contributed by atoms with Gasteiger partial charge in [-0.1, -0.05) is 26.2 Å². The van der Waals surface area contributed by atoms with Gasteiger partial charge in [0.25, 0.3) is 0 Å². The molecule has 0 fully saturated rings. The minimum atomic E-state index is -0.494. The van der Waals surface area contributed by atoms with Crippen LogP contribution in [-0.2, 0) is 9.53 Å². The summed E-state index contributed by atoms with van der Waals surface area (Å²) in [5.74, 6) is -0.494. The summed E-state index contributed by atoms with van der Waals surface area (Å²) in [6.07, 6.45) is 4.37. The van der Waals surface area contributed by atoms with Gasteiger partial charge in [0.1, 0.15) is 5.71 Å². The lowest BCUT2D eigenvalue weighted by atomic mass is 10.2. The third kappa shape index (κ3) is 5.89. The Bertz CT molecular complexity index is 155. The minimum absolute atomic E-state index is 0.0227. The molecule has 0 atom stereocenters. The smallest absolute Gasteiger partial charge is 0.351 e. The van der Waals surface area contributed by atoms with E-state index in [4.69, 9.17) is 10.1 Å². The lowest BCUT2D eigenvalue weighted by molar-refractivity contribution is -0.135. The van der Waals surface area contributed by atoms with Crippen LogP contribution in [-0.4, -0.2) is 18.3 Å². The van der Waals surface area contributed by atoms with Gasteiger partial charge in [-0.25, -0.2) is 4.79 Å². The minimum Gasteiger partial charge on any atom is -0.461 e. The molecule has 0 heterocycles. The molecule has 0 aromatic carbocycles. The predicted molar refractivity (Wildman–Crippen MR) is 48.5 cm³/mol. The van der Waals surface area contributed by atoms with Crippen molar-refractivity contribution >= 4 is 11.7 Å². The van der Waals surface area contributed by atoms with Gasteiger partial charge in [-0.2, -0.15) is 0 Å². The number of esters is 1. The average Bonchev–Trinajstić information content (AvgIpc) is 2.03. The van der Waals surface area contributed by atoms with E-state index in [1.54, 1.807) is 0 Å². The Morgan fingerprint density at radius 1 is 1.33 bits per heavy atom. The van der Waals surface area contributed by atoms with Gasteiger partial charge in [0.05, 0.1) is 6.61 Å². The number of ether oxygens (including phenoxy) is 1. The number of hydrogen-bond acceptors (Lipinski definition) is 3. The normalized spacial score (nSPS) is 9.50. The highest BCUT2D eigenvalue weighted by Crippen LogP contribution is 1.98. The molecule has 0 aromatic rings. The third-order valence-corrected chi connectivity index (χ3v) is 1.54. The van der Waals surface area contributed by atoms with Crippen molar-refractivity contribution in [1.29, 1.82) is 5.41 Å². The summed E-state index contributed by atoms with van der Waals surface area (Å²) in [5.41, 5.74) is -0.0227. The highest BCUT2D eigenvalue weighted by molar-refractivity contribution is 6.33. The molecule has 0 amide bonds. The zero-order valence-corrected chi connectivity index (χ0v) is 7.85. The molecule has 0 radical (unpaired) electrons. The van der Waals surface area contributed by atoms with Gasteiger partial charge < -0.3 is 4.74 Å². The van der Waals surface area contributed by atoms with Crippen molar-refractivity contribution in [3.05, 3.63) is 0 Å². The van der Waals surface area contributed by atoms with Gasteiger partial charge in [-0.3, -0.25) is 5.41 Å². The number of nitrogens with one attached hydrogen (secondary N) is 1. The number of carbonyl (C=O) groups is 1. The molecule has 3 heteroatoms. The zero-order chi connectivity index (χ0) is 9.40. The summed E-state index contributed by atoms with van der Waals surface area (Å²) in [6, 6.07) is 0. The first kappa shape index (κ1) is 11.1. The largest absolute Gasteiger partial charge is 0.461 e. The molecule has 0 aromatic heterocycles. The van der Waals surface area contributed by atoms with E-state index in [1.165, 1.54) is 19.8 Å². The molecular formula is C9H17NO2. The molecule has 0 bridgehead atoms. The molecular weight excluding hydrogens is 154 g/mol. The molecule has 0 aliphatic heterocycles. The lowest BCUT2D eigenvalue weighted by Crippen LogP contribution is -2.13. The second-order valence-electron chi connectivity index (χ2n) is 2.82. The second kappa shape index (κ2) is 6.83. The molecule has 0 aliphatic carbocycles. The first-order valence-corrected chi connectivity index (χ1v) is 4.40. The maximum absolute atomic E-state index is 10.7. The number of rotatable bonds is 6. The van der Waals surface area contributed by atoms with E-state index in [1.807, 2.05) is 0 Å². The van der Waals surface area contributed by atoms with Crippen LogP contribution in [0.2, 0.25) is 0 Å². The second-order valence-corrected chi connectivity index (χ2v) is 2.82. The molecule has 1 N–H and O–H groups in total. The first-order valence-electron chi connectivity index (χ1n) is 4.40. The standard InChI is InChI=1S/C9H17NO2/c1-3-4-5-6-7-12-9(11)8(2)10/h10H,3-7H2,1-2H3. The molecule has 0 rings (SSSR count). The highest BCUT2D eigenvalue weighted by Gasteiger charge is 2.03. The SMILES string of the molecule is CCCCCCOC(=O)C(C)=N. The fourth-order valence-electron chi connectivity index (χ4n) is 0.802. The highest BCUT2D eigenvalue weighted by atomic mass is 16.5. The molecule has 0 saturated carbocycles. The van der Waals surface area contributed by atoms with Gasteiger partial charge in [-0.05, 0) is 13.3 Å². The Labute approximate surface area is 73.6 Å². The van der Waals surface area contributed by atoms with Crippen LogP contribution in [0.4, 0.5) is 0 Å². The van der Waals surface area contributed by atoms with Gasteiger partial charge in [0.15, 0.2) is 0 Å². The molecule has 0 unspecified atom stereocenters. The van der Waals surface area contributed by atoms with E-state index in [0.717, 1.165) is 12.8 Å².